The molecule has 20 heavy (non-hydrogen) atoms. The van der Waals surface area contributed by atoms with Crippen LogP contribution in [0.25, 0.3) is 0 Å². The molecule has 1 aromatic rings. The molecule has 2 rings (SSSR count). The fourth-order valence-corrected chi connectivity index (χ4v) is 1.89. The quantitative estimate of drug-likeness (QED) is 0.611. The summed E-state index contributed by atoms with van der Waals surface area (Å²) in [6.45, 7) is 1.10. The SMILES string of the molecule is O=C(CCCNC(=O)c1ccco1)NCC1(CO)CC1. The number of furan rings is 1. The molecule has 110 valence electrons. The number of carbonyl (C=O) groups excluding carboxylic acids is 2. The largest absolute Gasteiger partial charge is 0.459 e. The van der Waals surface area contributed by atoms with Gasteiger partial charge in [0.05, 0.1) is 12.9 Å². The second-order valence-corrected chi connectivity index (χ2v) is 5.27. The molecule has 0 aliphatic heterocycles. The maximum Gasteiger partial charge on any atom is 0.286 e. The standard InChI is InChI=1S/C14H20N2O4/c17-10-14(5-6-14)9-16-12(18)4-1-7-15-13(19)11-3-2-8-20-11/h2-3,8,17H,1,4-7,9-10H2,(H,15,19)(H,16,18). The smallest absolute Gasteiger partial charge is 0.286 e. The van der Waals surface area contributed by atoms with E-state index in [-0.39, 0.29) is 29.6 Å². The van der Waals surface area contributed by atoms with Crippen LogP contribution in [0.1, 0.15) is 36.2 Å². The van der Waals surface area contributed by atoms with E-state index in [4.69, 9.17) is 9.52 Å². The highest BCUT2D eigenvalue weighted by atomic mass is 16.3. The third-order valence-electron chi connectivity index (χ3n) is 3.56. The van der Waals surface area contributed by atoms with Gasteiger partial charge in [0.15, 0.2) is 5.76 Å². The number of hydrogen-bond acceptors (Lipinski definition) is 4. The molecule has 1 saturated carbocycles. The van der Waals surface area contributed by atoms with Crippen LogP contribution in [0.4, 0.5) is 0 Å². The van der Waals surface area contributed by atoms with Gasteiger partial charge < -0.3 is 20.2 Å². The van der Waals surface area contributed by atoms with Crippen LogP contribution in [0.5, 0.6) is 0 Å². The van der Waals surface area contributed by atoms with E-state index >= 15 is 0 Å². The zero-order valence-corrected chi connectivity index (χ0v) is 11.4. The molecule has 1 aliphatic carbocycles. The van der Waals surface area contributed by atoms with Gasteiger partial charge in [0.25, 0.3) is 5.91 Å². The number of amides is 2. The van der Waals surface area contributed by atoms with Crippen molar-refractivity contribution in [2.75, 3.05) is 19.7 Å². The molecule has 3 N–H and O–H groups in total. The Labute approximate surface area is 117 Å². The topological polar surface area (TPSA) is 91.6 Å². The third-order valence-corrected chi connectivity index (χ3v) is 3.56. The Bertz CT molecular complexity index is 452. The number of aliphatic hydroxyl groups is 1. The minimum atomic E-state index is -0.271. The van der Waals surface area contributed by atoms with Gasteiger partial charge in [-0.2, -0.15) is 0 Å². The van der Waals surface area contributed by atoms with Gasteiger partial charge in [0.1, 0.15) is 0 Å². The summed E-state index contributed by atoms with van der Waals surface area (Å²) in [6, 6.07) is 3.24. The first-order chi connectivity index (χ1) is 9.65. The van der Waals surface area contributed by atoms with Crippen LogP contribution in [0, 0.1) is 5.41 Å². The minimum absolute atomic E-state index is 0.0445. The zero-order valence-electron chi connectivity index (χ0n) is 11.4. The van der Waals surface area contributed by atoms with E-state index in [2.05, 4.69) is 10.6 Å². The van der Waals surface area contributed by atoms with Crippen molar-refractivity contribution in [3.8, 4) is 0 Å². The molecule has 1 aromatic heterocycles. The molecule has 0 radical (unpaired) electrons. The predicted molar refractivity (Wildman–Crippen MR) is 72.0 cm³/mol. The molecule has 0 atom stereocenters. The average molecular weight is 280 g/mol. The van der Waals surface area contributed by atoms with E-state index in [0.29, 0.717) is 25.9 Å². The third kappa shape index (κ3) is 4.09. The van der Waals surface area contributed by atoms with Crippen molar-refractivity contribution >= 4 is 11.8 Å². The van der Waals surface area contributed by atoms with Crippen molar-refractivity contribution in [3.05, 3.63) is 24.2 Å². The maximum atomic E-state index is 11.6. The lowest BCUT2D eigenvalue weighted by atomic mass is 10.1. The first kappa shape index (κ1) is 14.6. The Morgan fingerprint density at radius 1 is 1.35 bits per heavy atom. The van der Waals surface area contributed by atoms with Gasteiger partial charge >= 0.3 is 0 Å². The van der Waals surface area contributed by atoms with Crippen LogP contribution >= 0.6 is 0 Å². The van der Waals surface area contributed by atoms with Gasteiger partial charge in [-0.05, 0) is 31.4 Å². The van der Waals surface area contributed by atoms with Gasteiger partial charge in [0.2, 0.25) is 5.91 Å². The zero-order chi connectivity index (χ0) is 14.4. The van der Waals surface area contributed by atoms with Crippen molar-refractivity contribution in [1.29, 1.82) is 0 Å². The monoisotopic (exact) mass is 280 g/mol. The molecule has 0 spiro atoms. The molecule has 6 heteroatoms. The van der Waals surface area contributed by atoms with E-state index in [9.17, 15) is 9.59 Å². The number of aliphatic hydroxyl groups excluding tert-OH is 1. The van der Waals surface area contributed by atoms with Crippen molar-refractivity contribution in [2.24, 2.45) is 5.41 Å². The van der Waals surface area contributed by atoms with Gasteiger partial charge in [-0.1, -0.05) is 0 Å². The molecule has 1 aliphatic rings. The summed E-state index contributed by atoms with van der Waals surface area (Å²) >= 11 is 0. The number of carbonyl (C=O) groups is 2. The Balaban J connectivity index is 1.54. The molecule has 1 heterocycles. The molecule has 6 nitrogen and oxygen atoms in total. The molecule has 0 unspecified atom stereocenters. The normalized spacial score (nSPS) is 15.7. The lowest BCUT2D eigenvalue weighted by Crippen LogP contribution is -2.32. The molecular weight excluding hydrogens is 260 g/mol. The van der Waals surface area contributed by atoms with Gasteiger partial charge in [0, 0.05) is 24.9 Å². The van der Waals surface area contributed by atoms with Gasteiger partial charge in [-0.3, -0.25) is 9.59 Å². The summed E-state index contributed by atoms with van der Waals surface area (Å²) in [5.41, 5.74) is -0.0663. The highest BCUT2D eigenvalue weighted by molar-refractivity contribution is 5.91. The fourth-order valence-electron chi connectivity index (χ4n) is 1.89. The first-order valence-corrected chi connectivity index (χ1v) is 6.84. The molecule has 0 aromatic carbocycles. The Morgan fingerprint density at radius 2 is 2.15 bits per heavy atom. The summed E-state index contributed by atoms with van der Waals surface area (Å²) in [7, 11) is 0. The van der Waals surface area contributed by atoms with Crippen LogP contribution in [0.2, 0.25) is 0 Å². The van der Waals surface area contributed by atoms with E-state index in [0.717, 1.165) is 12.8 Å². The van der Waals surface area contributed by atoms with Crippen LogP contribution < -0.4 is 10.6 Å². The van der Waals surface area contributed by atoms with Gasteiger partial charge in [-0.15, -0.1) is 0 Å². The second kappa shape index (κ2) is 6.56. The average Bonchev–Trinajstić information content (AvgIpc) is 3.03. The highest BCUT2D eigenvalue weighted by Crippen LogP contribution is 2.44. The van der Waals surface area contributed by atoms with E-state index in [1.54, 1.807) is 12.1 Å². The molecular formula is C14H20N2O4. The van der Waals surface area contributed by atoms with E-state index < -0.39 is 0 Å². The molecule has 1 fully saturated rings. The van der Waals surface area contributed by atoms with Crippen LogP contribution in [-0.4, -0.2) is 36.6 Å². The summed E-state index contributed by atoms with van der Waals surface area (Å²) in [4.78, 5) is 23.1. The van der Waals surface area contributed by atoms with Gasteiger partial charge in [-0.25, -0.2) is 0 Å². The Morgan fingerprint density at radius 3 is 2.75 bits per heavy atom. The van der Waals surface area contributed by atoms with E-state index in [1.165, 1.54) is 6.26 Å². The van der Waals surface area contributed by atoms with Crippen molar-refractivity contribution in [1.82, 2.24) is 10.6 Å². The van der Waals surface area contributed by atoms with Crippen molar-refractivity contribution < 1.29 is 19.1 Å². The van der Waals surface area contributed by atoms with E-state index in [1.807, 2.05) is 0 Å². The summed E-state index contributed by atoms with van der Waals surface area (Å²) < 4.78 is 4.95. The van der Waals surface area contributed by atoms with Crippen LogP contribution in [0.3, 0.4) is 0 Å². The summed E-state index contributed by atoms with van der Waals surface area (Å²) in [5.74, 6) is -0.0438. The summed E-state index contributed by atoms with van der Waals surface area (Å²) in [5, 5.41) is 14.6. The van der Waals surface area contributed by atoms with Crippen LogP contribution in [0.15, 0.2) is 22.8 Å². The minimum Gasteiger partial charge on any atom is -0.459 e. The molecule has 0 saturated heterocycles. The highest BCUT2D eigenvalue weighted by Gasteiger charge is 2.41. The first-order valence-electron chi connectivity index (χ1n) is 6.84. The number of nitrogens with one attached hydrogen (secondary N) is 2. The number of rotatable bonds is 8. The van der Waals surface area contributed by atoms with Crippen LogP contribution in [-0.2, 0) is 4.79 Å². The molecule has 2 amide bonds. The van der Waals surface area contributed by atoms with Crippen molar-refractivity contribution in [3.63, 3.8) is 0 Å². The lowest BCUT2D eigenvalue weighted by molar-refractivity contribution is -0.121. The lowest BCUT2D eigenvalue weighted by Gasteiger charge is -2.12. The summed E-state index contributed by atoms with van der Waals surface area (Å²) in [6.07, 6.45) is 4.33. The fraction of sp³-hybridized carbons (Fsp3) is 0.571. The number of hydrogen-bond donors (Lipinski definition) is 3. The molecule has 0 bridgehead atoms. The maximum absolute atomic E-state index is 11.6. The Hall–Kier alpha value is -1.82. The second-order valence-electron chi connectivity index (χ2n) is 5.27. The Kier molecular flexibility index (Phi) is 4.79. The van der Waals surface area contributed by atoms with Crippen molar-refractivity contribution in [2.45, 2.75) is 25.7 Å². The predicted octanol–water partition coefficient (Wildman–Crippen LogP) is 0.678.